The Balaban J connectivity index is 0.000000219. The predicted octanol–water partition coefficient (Wildman–Crippen LogP) is 7.04. The molecule has 2 saturated carbocycles. The third-order valence-electron chi connectivity index (χ3n) is 6.09. The molecule has 2 aliphatic carbocycles. The van der Waals surface area contributed by atoms with Gasteiger partial charge in [0.2, 0.25) is 0 Å². The molecule has 2 rings (SSSR count). The van der Waals surface area contributed by atoms with Crippen molar-refractivity contribution in [3.63, 3.8) is 0 Å². The molecule has 0 heteroatoms. The van der Waals surface area contributed by atoms with Crippen LogP contribution in [0, 0.1) is 47.3 Å². The molecule has 2 unspecified atom stereocenters. The van der Waals surface area contributed by atoms with E-state index in [0.29, 0.717) is 0 Å². The van der Waals surface area contributed by atoms with Gasteiger partial charge >= 0.3 is 0 Å². The van der Waals surface area contributed by atoms with Crippen molar-refractivity contribution in [1.82, 2.24) is 0 Å². The molecule has 2 aliphatic rings. The third kappa shape index (κ3) is 5.95. The van der Waals surface area contributed by atoms with Crippen LogP contribution in [-0.2, 0) is 0 Å². The van der Waals surface area contributed by atoms with Gasteiger partial charge in [-0.1, -0.05) is 81.1 Å². The molecular formula is C21H42. The van der Waals surface area contributed by atoms with Crippen molar-refractivity contribution in [3.8, 4) is 0 Å². The van der Waals surface area contributed by atoms with Gasteiger partial charge in [0.15, 0.2) is 0 Å². The van der Waals surface area contributed by atoms with Crippen molar-refractivity contribution >= 4 is 0 Å². The lowest BCUT2D eigenvalue weighted by molar-refractivity contribution is 0.189. The van der Waals surface area contributed by atoms with Gasteiger partial charge in [0.1, 0.15) is 0 Å². The summed E-state index contributed by atoms with van der Waals surface area (Å²) in [5.74, 6) is 7.77. The van der Waals surface area contributed by atoms with Crippen molar-refractivity contribution < 1.29 is 0 Å². The summed E-state index contributed by atoms with van der Waals surface area (Å²) in [5, 5.41) is 0. The number of rotatable bonds is 5. The summed E-state index contributed by atoms with van der Waals surface area (Å²) in [6.07, 6.45) is 7.47. The Morgan fingerprint density at radius 2 is 1.00 bits per heavy atom. The minimum absolute atomic E-state index is 0.882. The van der Waals surface area contributed by atoms with E-state index in [0.717, 1.165) is 47.3 Å². The smallest absolute Gasteiger partial charge is 0.0340 e. The summed E-state index contributed by atoms with van der Waals surface area (Å²) in [4.78, 5) is 0. The SMILES string of the molecule is CC(C)C(C(C)C)C1CCCC1.CC(C)C1CC1C(C)C. The van der Waals surface area contributed by atoms with Crippen LogP contribution in [0.3, 0.4) is 0 Å². The summed E-state index contributed by atoms with van der Waals surface area (Å²) in [5.41, 5.74) is 0. The molecule has 126 valence electrons. The van der Waals surface area contributed by atoms with Crippen molar-refractivity contribution in [2.45, 2.75) is 87.5 Å². The standard InChI is InChI=1S/C12H24.C9H18/c1-9(2)12(10(3)4)11-7-5-6-8-11;1-6(2)8-5-9(8)7(3)4/h9-12H,5-8H2,1-4H3;6-9H,5H2,1-4H3. The topological polar surface area (TPSA) is 0 Å². The average molecular weight is 295 g/mol. The van der Waals surface area contributed by atoms with E-state index < -0.39 is 0 Å². The van der Waals surface area contributed by atoms with E-state index in [9.17, 15) is 0 Å². The van der Waals surface area contributed by atoms with Crippen LogP contribution in [-0.4, -0.2) is 0 Å². The Morgan fingerprint density at radius 3 is 1.24 bits per heavy atom. The molecule has 0 heterocycles. The first kappa shape index (κ1) is 19.0. The van der Waals surface area contributed by atoms with Crippen LogP contribution in [0.15, 0.2) is 0 Å². The molecular weight excluding hydrogens is 252 g/mol. The summed E-state index contributed by atoms with van der Waals surface area (Å²) >= 11 is 0. The Bertz CT molecular complexity index is 248. The highest BCUT2D eigenvalue weighted by Gasteiger charge is 2.40. The van der Waals surface area contributed by atoms with Crippen LogP contribution in [0.25, 0.3) is 0 Å². The lowest BCUT2D eigenvalue weighted by Gasteiger charge is -2.30. The highest BCUT2D eigenvalue weighted by atomic mass is 14.5. The average Bonchev–Trinajstić information content (AvgIpc) is 3.01. The van der Waals surface area contributed by atoms with Crippen LogP contribution in [0.2, 0.25) is 0 Å². The van der Waals surface area contributed by atoms with Crippen molar-refractivity contribution in [2.75, 3.05) is 0 Å². The highest BCUT2D eigenvalue weighted by molar-refractivity contribution is 4.89. The maximum Gasteiger partial charge on any atom is -0.0340 e. The second-order valence-corrected chi connectivity index (χ2v) is 9.16. The number of hydrogen-bond acceptors (Lipinski definition) is 0. The fourth-order valence-corrected chi connectivity index (χ4v) is 4.97. The predicted molar refractivity (Wildman–Crippen MR) is 96.4 cm³/mol. The van der Waals surface area contributed by atoms with Crippen LogP contribution in [0.4, 0.5) is 0 Å². The van der Waals surface area contributed by atoms with Gasteiger partial charge in [-0.15, -0.1) is 0 Å². The molecule has 2 fully saturated rings. The molecule has 0 saturated heterocycles. The van der Waals surface area contributed by atoms with Gasteiger partial charge in [-0.25, -0.2) is 0 Å². The Labute approximate surface area is 135 Å². The molecule has 21 heavy (non-hydrogen) atoms. The van der Waals surface area contributed by atoms with E-state index in [1.54, 1.807) is 0 Å². The maximum atomic E-state index is 2.39. The largest absolute Gasteiger partial charge is 0.0625 e. The zero-order valence-corrected chi connectivity index (χ0v) is 16.2. The van der Waals surface area contributed by atoms with Crippen molar-refractivity contribution in [3.05, 3.63) is 0 Å². The second-order valence-electron chi connectivity index (χ2n) is 9.16. The molecule has 0 spiro atoms. The van der Waals surface area contributed by atoms with Crippen LogP contribution in [0.5, 0.6) is 0 Å². The first-order chi connectivity index (χ1) is 9.75. The van der Waals surface area contributed by atoms with E-state index in [4.69, 9.17) is 0 Å². The van der Waals surface area contributed by atoms with Crippen molar-refractivity contribution in [1.29, 1.82) is 0 Å². The minimum atomic E-state index is 0.882. The molecule has 2 atom stereocenters. The molecule has 0 radical (unpaired) electrons. The normalized spacial score (nSPS) is 26.1. The van der Waals surface area contributed by atoms with E-state index in [1.807, 2.05) is 0 Å². The lowest BCUT2D eigenvalue weighted by Crippen LogP contribution is -2.23. The Morgan fingerprint density at radius 1 is 0.619 bits per heavy atom. The fraction of sp³-hybridized carbons (Fsp3) is 1.00. The van der Waals surface area contributed by atoms with Gasteiger partial charge in [0.05, 0.1) is 0 Å². The molecule has 0 nitrogen and oxygen atoms in total. The van der Waals surface area contributed by atoms with Crippen molar-refractivity contribution in [2.24, 2.45) is 47.3 Å². The van der Waals surface area contributed by atoms with Gasteiger partial charge in [-0.3, -0.25) is 0 Å². The number of hydrogen-bond donors (Lipinski definition) is 0. The van der Waals surface area contributed by atoms with E-state index in [1.165, 1.54) is 32.1 Å². The molecule has 0 N–H and O–H groups in total. The van der Waals surface area contributed by atoms with Gasteiger partial charge in [-0.2, -0.15) is 0 Å². The van der Waals surface area contributed by atoms with Gasteiger partial charge in [0.25, 0.3) is 0 Å². The van der Waals surface area contributed by atoms with E-state index >= 15 is 0 Å². The van der Waals surface area contributed by atoms with Crippen LogP contribution >= 0.6 is 0 Å². The zero-order chi connectivity index (χ0) is 16.2. The molecule has 0 aromatic carbocycles. The zero-order valence-electron chi connectivity index (χ0n) is 16.2. The Hall–Kier alpha value is 0. The molecule has 0 bridgehead atoms. The third-order valence-corrected chi connectivity index (χ3v) is 6.09. The van der Waals surface area contributed by atoms with Gasteiger partial charge in [-0.05, 0) is 53.8 Å². The van der Waals surface area contributed by atoms with E-state index in [2.05, 4.69) is 55.4 Å². The quantitative estimate of drug-likeness (QED) is 0.510. The summed E-state index contributed by atoms with van der Waals surface area (Å²) in [7, 11) is 0. The molecule has 0 amide bonds. The van der Waals surface area contributed by atoms with Gasteiger partial charge in [0, 0.05) is 0 Å². The summed E-state index contributed by atoms with van der Waals surface area (Å²) in [6, 6.07) is 0. The lowest BCUT2D eigenvalue weighted by atomic mass is 9.75. The Kier molecular flexibility index (Phi) is 7.79. The van der Waals surface area contributed by atoms with Gasteiger partial charge < -0.3 is 0 Å². The maximum absolute atomic E-state index is 2.39. The summed E-state index contributed by atoms with van der Waals surface area (Å²) in [6.45, 7) is 18.9. The molecule has 0 aromatic heterocycles. The molecule has 0 aliphatic heterocycles. The molecule has 0 aromatic rings. The van der Waals surface area contributed by atoms with E-state index in [-0.39, 0.29) is 0 Å². The second kappa shape index (κ2) is 8.59. The fourth-order valence-electron chi connectivity index (χ4n) is 4.97. The first-order valence-electron chi connectivity index (χ1n) is 9.75. The minimum Gasteiger partial charge on any atom is -0.0625 e. The monoisotopic (exact) mass is 294 g/mol. The van der Waals surface area contributed by atoms with Crippen LogP contribution in [0.1, 0.15) is 87.5 Å². The summed E-state index contributed by atoms with van der Waals surface area (Å²) < 4.78 is 0. The van der Waals surface area contributed by atoms with Crippen LogP contribution < -0.4 is 0 Å². The highest BCUT2D eigenvalue weighted by Crippen LogP contribution is 2.48. The first-order valence-corrected chi connectivity index (χ1v) is 9.75.